The maximum atomic E-state index is 12.1. The summed E-state index contributed by atoms with van der Waals surface area (Å²) in [6, 6.07) is 10.1. The van der Waals surface area contributed by atoms with E-state index in [2.05, 4.69) is 24.4 Å². The number of unbranched alkanes of at least 4 members (excludes halogenated alkanes) is 1. The minimum absolute atomic E-state index is 0.0123. The summed E-state index contributed by atoms with van der Waals surface area (Å²) < 4.78 is 0. The summed E-state index contributed by atoms with van der Waals surface area (Å²) in [5.74, 6) is -0.0462. The van der Waals surface area contributed by atoms with E-state index in [0.29, 0.717) is 19.5 Å². The molecule has 1 aliphatic rings. The highest BCUT2D eigenvalue weighted by Crippen LogP contribution is 2.18. The Balaban J connectivity index is 1.73. The van der Waals surface area contributed by atoms with Crippen molar-refractivity contribution in [1.29, 1.82) is 0 Å². The van der Waals surface area contributed by atoms with Crippen LogP contribution in [-0.4, -0.2) is 36.3 Å². The predicted molar refractivity (Wildman–Crippen MR) is 82.8 cm³/mol. The second-order valence-electron chi connectivity index (χ2n) is 5.62. The molecule has 1 fully saturated rings. The van der Waals surface area contributed by atoms with Gasteiger partial charge in [0.25, 0.3) is 0 Å². The molecule has 1 aromatic carbocycles. The third-order valence-corrected chi connectivity index (χ3v) is 3.92. The van der Waals surface area contributed by atoms with E-state index >= 15 is 0 Å². The fourth-order valence-corrected chi connectivity index (χ4v) is 2.63. The van der Waals surface area contributed by atoms with Crippen LogP contribution in [0.1, 0.15) is 31.7 Å². The molecule has 4 heteroatoms. The molecule has 1 heterocycles. The number of amides is 2. The fourth-order valence-electron chi connectivity index (χ4n) is 2.63. The Bertz CT molecular complexity index is 473. The van der Waals surface area contributed by atoms with Gasteiger partial charge < -0.3 is 10.2 Å². The first-order chi connectivity index (χ1) is 10.2. The van der Waals surface area contributed by atoms with Gasteiger partial charge in [-0.05, 0) is 18.4 Å². The number of hydrogen-bond donors (Lipinski definition) is 1. The van der Waals surface area contributed by atoms with Gasteiger partial charge in [-0.15, -0.1) is 0 Å². The molecule has 1 aliphatic heterocycles. The van der Waals surface area contributed by atoms with Gasteiger partial charge in [-0.25, -0.2) is 0 Å². The second kappa shape index (κ2) is 7.81. The van der Waals surface area contributed by atoms with Crippen molar-refractivity contribution in [2.24, 2.45) is 5.92 Å². The van der Waals surface area contributed by atoms with Crippen LogP contribution in [0.25, 0.3) is 0 Å². The van der Waals surface area contributed by atoms with Gasteiger partial charge in [0.2, 0.25) is 11.8 Å². The highest BCUT2D eigenvalue weighted by molar-refractivity contribution is 5.89. The Morgan fingerprint density at radius 1 is 1.33 bits per heavy atom. The standard InChI is InChI=1S/C17H24N2O2/c1-2-3-11-19-13-15(12-16(19)20)17(21)18-10-9-14-7-5-4-6-8-14/h4-8,15H,2-3,9-13H2,1H3,(H,18,21)/t15-/m0/s1. The van der Waals surface area contributed by atoms with Crippen molar-refractivity contribution in [3.8, 4) is 0 Å². The first-order valence-electron chi connectivity index (χ1n) is 7.80. The monoisotopic (exact) mass is 288 g/mol. The van der Waals surface area contributed by atoms with Gasteiger partial charge in [-0.3, -0.25) is 9.59 Å². The van der Waals surface area contributed by atoms with E-state index in [-0.39, 0.29) is 17.7 Å². The van der Waals surface area contributed by atoms with Crippen LogP contribution in [0.5, 0.6) is 0 Å². The van der Waals surface area contributed by atoms with Crippen molar-refractivity contribution in [3.05, 3.63) is 35.9 Å². The van der Waals surface area contributed by atoms with E-state index in [1.807, 2.05) is 23.1 Å². The van der Waals surface area contributed by atoms with Gasteiger partial charge in [-0.1, -0.05) is 43.7 Å². The summed E-state index contributed by atoms with van der Waals surface area (Å²) in [7, 11) is 0. The van der Waals surface area contributed by atoms with Gasteiger partial charge in [0.1, 0.15) is 0 Å². The van der Waals surface area contributed by atoms with Crippen LogP contribution < -0.4 is 5.32 Å². The molecule has 2 rings (SSSR count). The Hall–Kier alpha value is -1.84. The number of nitrogens with zero attached hydrogens (tertiary/aromatic N) is 1. The van der Waals surface area contributed by atoms with Crippen LogP contribution in [-0.2, 0) is 16.0 Å². The van der Waals surface area contributed by atoms with E-state index in [1.54, 1.807) is 0 Å². The number of likely N-dealkylation sites (tertiary alicyclic amines) is 1. The fraction of sp³-hybridized carbons (Fsp3) is 0.529. The van der Waals surface area contributed by atoms with Gasteiger partial charge in [-0.2, -0.15) is 0 Å². The van der Waals surface area contributed by atoms with Gasteiger partial charge in [0.05, 0.1) is 5.92 Å². The van der Waals surface area contributed by atoms with Crippen LogP contribution >= 0.6 is 0 Å². The second-order valence-corrected chi connectivity index (χ2v) is 5.62. The van der Waals surface area contributed by atoms with Crippen LogP contribution in [0.4, 0.5) is 0 Å². The molecule has 0 radical (unpaired) electrons. The zero-order chi connectivity index (χ0) is 15.1. The first-order valence-corrected chi connectivity index (χ1v) is 7.80. The van der Waals surface area contributed by atoms with E-state index in [9.17, 15) is 9.59 Å². The first kappa shape index (κ1) is 15.5. The molecular weight excluding hydrogens is 264 g/mol. The molecule has 0 bridgehead atoms. The number of nitrogens with one attached hydrogen (secondary N) is 1. The van der Waals surface area contributed by atoms with Crippen molar-refractivity contribution in [2.45, 2.75) is 32.6 Å². The number of carbonyl (C=O) groups is 2. The van der Waals surface area contributed by atoms with Crippen molar-refractivity contribution in [2.75, 3.05) is 19.6 Å². The third-order valence-electron chi connectivity index (χ3n) is 3.92. The summed E-state index contributed by atoms with van der Waals surface area (Å²) in [5, 5.41) is 2.95. The molecule has 1 saturated heterocycles. The van der Waals surface area contributed by atoms with E-state index in [0.717, 1.165) is 25.8 Å². The molecule has 0 saturated carbocycles. The number of carbonyl (C=O) groups excluding carboxylic acids is 2. The molecule has 2 amide bonds. The Morgan fingerprint density at radius 2 is 2.10 bits per heavy atom. The lowest BCUT2D eigenvalue weighted by Crippen LogP contribution is -2.34. The van der Waals surface area contributed by atoms with Crippen molar-refractivity contribution >= 4 is 11.8 Å². The van der Waals surface area contributed by atoms with Crippen LogP contribution in [0, 0.1) is 5.92 Å². The Labute approximate surface area is 126 Å². The highest BCUT2D eigenvalue weighted by atomic mass is 16.2. The Kier molecular flexibility index (Phi) is 5.78. The summed E-state index contributed by atoms with van der Waals surface area (Å²) in [6.07, 6.45) is 3.26. The molecule has 1 N–H and O–H groups in total. The minimum Gasteiger partial charge on any atom is -0.355 e. The maximum Gasteiger partial charge on any atom is 0.225 e. The van der Waals surface area contributed by atoms with E-state index in [4.69, 9.17) is 0 Å². The molecule has 21 heavy (non-hydrogen) atoms. The zero-order valence-corrected chi connectivity index (χ0v) is 12.7. The van der Waals surface area contributed by atoms with Crippen LogP contribution in [0.15, 0.2) is 30.3 Å². The average Bonchev–Trinajstić information content (AvgIpc) is 2.87. The molecule has 0 aliphatic carbocycles. The lowest BCUT2D eigenvalue weighted by molar-refractivity contribution is -0.129. The SMILES string of the molecule is CCCCN1C[C@@H](C(=O)NCCc2ccccc2)CC1=O. The number of hydrogen-bond acceptors (Lipinski definition) is 2. The third kappa shape index (κ3) is 4.59. The van der Waals surface area contributed by atoms with Crippen LogP contribution in [0.3, 0.4) is 0 Å². The van der Waals surface area contributed by atoms with Crippen molar-refractivity contribution in [1.82, 2.24) is 10.2 Å². The maximum absolute atomic E-state index is 12.1. The lowest BCUT2D eigenvalue weighted by Gasteiger charge is -2.15. The smallest absolute Gasteiger partial charge is 0.225 e. The molecular formula is C17H24N2O2. The summed E-state index contributed by atoms with van der Waals surface area (Å²) >= 11 is 0. The van der Waals surface area contributed by atoms with Gasteiger partial charge in [0.15, 0.2) is 0 Å². The van der Waals surface area contributed by atoms with E-state index < -0.39 is 0 Å². The molecule has 0 unspecified atom stereocenters. The summed E-state index contributed by atoms with van der Waals surface area (Å²) in [4.78, 5) is 25.8. The minimum atomic E-state index is -0.176. The zero-order valence-electron chi connectivity index (χ0n) is 12.7. The predicted octanol–water partition coefficient (Wildman–Crippen LogP) is 1.99. The Morgan fingerprint density at radius 3 is 2.81 bits per heavy atom. The molecule has 114 valence electrons. The molecule has 0 aromatic heterocycles. The van der Waals surface area contributed by atoms with E-state index in [1.165, 1.54) is 5.56 Å². The quantitative estimate of drug-likeness (QED) is 0.834. The molecule has 0 spiro atoms. The van der Waals surface area contributed by atoms with Gasteiger partial charge >= 0.3 is 0 Å². The highest BCUT2D eigenvalue weighted by Gasteiger charge is 2.33. The van der Waals surface area contributed by atoms with Gasteiger partial charge in [0, 0.05) is 26.1 Å². The topological polar surface area (TPSA) is 49.4 Å². The number of benzene rings is 1. The lowest BCUT2D eigenvalue weighted by atomic mass is 10.1. The summed E-state index contributed by atoms with van der Waals surface area (Å²) in [6.45, 7) is 4.09. The molecule has 1 atom stereocenters. The molecule has 4 nitrogen and oxygen atoms in total. The number of rotatable bonds is 7. The normalized spacial score (nSPS) is 18.0. The summed E-state index contributed by atoms with van der Waals surface area (Å²) in [5.41, 5.74) is 1.21. The van der Waals surface area contributed by atoms with Crippen molar-refractivity contribution < 1.29 is 9.59 Å². The largest absolute Gasteiger partial charge is 0.355 e. The average molecular weight is 288 g/mol. The van der Waals surface area contributed by atoms with Crippen molar-refractivity contribution in [3.63, 3.8) is 0 Å². The molecule has 1 aromatic rings. The van der Waals surface area contributed by atoms with Crippen LogP contribution in [0.2, 0.25) is 0 Å².